The molecule has 1 fully saturated rings. The molecule has 2 aliphatic rings. The van der Waals surface area contributed by atoms with Crippen LogP contribution < -0.4 is 14.8 Å². The van der Waals surface area contributed by atoms with Crippen molar-refractivity contribution in [3.05, 3.63) is 59.8 Å². The van der Waals surface area contributed by atoms with Crippen LogP contribution in [0.15, 0.2) is 48.5 Å². The van der Waals surface area contributed by atoms with E-state index in [-0.39, 0.29) is 24.4 Å². The normalized spacial score (nSPS) is 20.6. The molecule has 0 radical (unpaired) electrons. The van der Waals surface area contributed by atoms with Crippen LogP contribution in [0.3, 0.4) is 0 Å². The molecule has 36 heavy (non-hydrogen) atoms. The molecule has 7 nitrogen and oxygen atoms in total. The molecule has 1 aliphatic heterocycles. The second-order valence-corrected chi connectivity index (χ2v) is 10.2. The zero-order valence-electron chi connectivity index (χ0n) is 21.4. The maximum atomic E-state index is 14.1. The standard InChI is InChI=1S/C29H35N3O4/c1-29(28(34)30-22-11-6-4-5-7-12-22)19-31-24-17-23(35-2)15-14-20(24)16-25(31)27(33)32(29)18-21-10-8-9-13-26(21)36-3/h8-10,13-17,22H,4-7,11-12,18-19H2,1-3H3,(H,30,34)/t29-/m0/s1. The first-order valence-corrected chi connectivity index (χ1v) is 12.9. The number of ether oxygens (including phenoxy) is 2. The molecular formula is C29H35N3O4. The quantitative estimate of drug-likeness (QED) is 0.499. The second-order valence-electron chi connectivity index (χ2n) is 10.2. The average molecular weight is 490 g/mol. The summed E-state index contributed by atoms with van der Waals surface area (Å²) >= 11 is 0. The number of nitrogens with one attached hydrogen (secondary N) is 1. The van der Waals surface area contributed by atoms with Crippen LogP contribution in [-0.4, -0.2) is 47.1 Å². The molecule has 2 aromatic carbocycles. The van der Waals surface area contributed by atoms with E-state index in [0.29, 0.717) is 18.0 Å². The average Bonchev–Trinajstić information content (AvgIpc) is 3.05. The van der Waals surface area contributed by atoms with Gasteiger partial charge in [-0.05, 0) is 44.0 Å². The van der Waals surface area contributed by atoms with Crippen LogP contribution in [0.25, 0.3) is 10.9 Å². The summed E-state index contributed by atoms with van der Waals surface area (Å²) in [5.41, 5.74) is 1.26. The van der Waals surface area contributed by atoms with Crippen LogP contribution in [-0.2, 0) is 17.9 Å². The minimum atomic E-state index is -1.08. The lowest BCUT2D eigenvalue weighted by atomic mass is 9.92. The fourth-order valence-corrected chi connectivity index (χ4v) is 5.67. The molecule has 1 aliphatic carbocycles. The number of fused-ring (bicyclic) bond motifs is 3. The summed E-state index contributed by atoms with van der Waals surface area (Å²) in [5.74, 6) is 1.15. The summed E-state index contributed by atoms with van der Waals surface area (Å²) in [6.07, 6.45) is 6.63. The zero-order valence-corrected chi connectivity index (χ0v) is 21.4. The fourth-order valence-electron chi connectivity index (χ4n) is 5.67. The van der Waals surface area contributed by atoms with Gasteiger partial charge in [0, 0.05) is 23.1 Å². The first kappa shape index (κ1) is 24.2. The van der Waals surface area contributed by atoms with Crippen LogP contribution in [0.5, 0.6) is 11.5 Å². The van der Waals surface area contributed by atoms with E-state index in [0.717, 1.165) is 47.9 Å². The molecule has 190 valence electrons. The van der Waals surface area contributed by atoms with Gasteiger partial charge in [-0.2, -0.15) is 0 Å². The first-order chi connectivity index (χ1) is 17.4. The van der Waals surface area contributed by atoms with Crippen molar-refractivity contribution >= 4 is 22.7 Å². The van der Waals surface area contributed by atoms with Crippen LogP contribution in [0.1, 0.15) is 61.5 Å². The van der Waals surface area contributed by atoms with E-state index in [4.69, 9.17) is 9.47 Å². The van der Waals surface area contributed by atoms with E-state index in [1.54, 1.807) is 19.1 Å². The van der Waals surface area contributed by atoms with Gasteiger partial charge in [-0.1, -0.05) is 43.9 Å². The van der Waals surface area contributed by atoms with E-state index in [9.17, 15) is 9.59 Å². The van der Waals surface area contributed by atoms with Crippen molar-refractivity contribution in [3.63, 3.8) is 0 Å². The summed E-state index contributed by atoms with van der Waals surface area (Å²) in [4.78, 5) is 29.8. The zero-order chi connectivity index (χ0) is 25.3. The number of hydrogen-bond donors (Lipinski definition) is 1. The molecule has 1 N–H and O–H groups in total. The van der Waals surface area contributed by atoms with E-state index in [1.165, 1.54) is 12.8 Å². The van der Waals surface area contributed by atoms with E-state index in [2.05, 4.69) is 5.32 Å². The molecule has 2 amide bonds. The van der Waals surface area contributed by atoms with Gasteiger partial charge >= 0.3 is 0 Å². The van der Waals surface area contributed by atoms with Gasteiger partial charge < -0.3 is 24.3 Å². The number of para-hydroxylation sites is 1. The second kappa shape index (κ2) is 9.88. The minimum Gasteiger partial charge on any atom is -0.497 e. The van der Waals surface area contributed by atoms with Gasteiger partial charge in [-0.3, -0.25) is 9.59 Å². The largest absolute Gasteiger partial charge is 0.497 e. The molecule has 0 saturated heterocycles. The summed E-state index contributed by atoms with van der Waals surface area (Å²) in [5, 5.41) is 4.27. The van der Waals surface area contributed by atoms with Crippen molar-refractivity contribution in [2.75, 3.05) is 14.2 Å². The topological polar surface area (TPSA) is 72.8 Å². The number of rotatable bonds is 6. The number of hydrogen-bond acceptors (Lipinski definition) is 4. The molecule has 2 heterocycles. The highest BCUT2D eigenvalue weighted by atomic mass is 16.5. The van der Waals surface area contributed by atoms with Gasteiger partial charge in [0.2, 0.25) is 5.91 Å². The Morgan fingerprint density at radius 3 is 2.50 bits per heavy atom. The van der Waals surface area contributed by atoms with Crippen molar-refractivity contribution in [1.29, 1.82) is 0 Å². The maximum absolute atomic E-state index is 14.1. The number of methoxy groups -OCH3 is 2. The minimum absolute atomic E-state index is 0.104. The molecular weight excluding hydrogens is 454 g/mol. The molecule has 0 bridgehead atoms. The Balaban J connectivity index is 1.57. The molecule has 1 atom stereocenters. The van der Waals surface area contributed by atoms with Crippen LogP contribution in [0.2, 0.25) is 0 Å². The molecule has 1 saturated carbocycles. The Bertz CT molecular complexity index is 1270. The lowest BCUT2D eigenvalue weighted by molar-refractivity contribution is -0.134. The molecule has 0 unspecified atom stereocenters. The lowest BCUT2D eigenvalue weighted by Crippen LogP contribution is -2.64. The highest BCUT2D eigenvalue weighted by Crippen LogP contribution is 2.36. The van der Waals surface area contributed by atoms with Gasteiger partial charge in [-0.25, -0.2) is 0 Å². The van der Waals surface area contributed by atoms with Gasteiger partial charge in [0.25, 0.3) is 5.91 Å². The Labute approximate surface area is 212 Å². The molecule has 5 rings (SSSR count). The first-order valence-electron chi connectivity index (χ1n) is 12.9. The Hall–Kier alpha value is -3.48. The fraction of sp³-hybridized carbons (Fsp3) is 0.448. The molecule has 3 aromatic rings. The number of benzene rings is 2. The highest BCUT2D eigenvalue weighted by Gasteiger charge is 2.48. The number of carbonyl (C=O) groups excluding carboxylic acids is 2. The van der Waals surface area contributed by atoms with Crippen molar-refractivity contribution < 1.29 is 19.1 Å². The van der Waals surface area contributed by atoms with Gasteiger partial charge in [0.1, 0.15) is 22.7 Å². The SMILES string of the molecule is COc1ccc2cc3n(c2c1)C[C@@](C)(C(=O)NC1CCCCCC1)N(Cc1ccccc1OC)C3=O. The van der Waals surface area contributed by atoms with Crippen molar-refractivity contribution in [2.24, 2.45) is 0 Å². The third-order valence-corrected chi connectivity index (χ3v) is 7.84. The Morgan fingerprint density at radius 2 is 1.78 bits per heavy atom. The summed E-state index contributed by atoms with van der Waals surface area (Å²) in [6, 6.07) is 15.5. The van der Waals surface area contributed by atoms with E-state index < -0.39 is 5.54 Å². The van der Waals surface area contributed by atoms with Crippen LogP contribution in [0.4, 0.5) is 0 Å². The predicted molar refractivity (Wildman–Crippen MR) is 139 cm³/mol. The maximum Gasteiger partial charge on any atom is 0.271 e. The predicted octanol–water partition coefficient (Wildman–Crippen LogP) is 4.91. The third-order valence-electron chi connectivity index (χ3n) is 7.84. The third kappa shape index (κ3) is 4.31. The summed E-state index contributed by atoms with van der Waals surface area (Å²) in [6.45, 7) is 2.53. The summed E-state index contributed by atoms with van der Waals surface area (Å²) < 4.78 is 13.0. The van der Waals surface area contributed by atoms with Crippen molar-refractivity contribution in [1.82, 2.24) is 14.8 Å². The summed E-state index contributed by atoms with van der Waals surface area (Å²) in [7, 11) is 3.26. The van der Waals surface area contributed by atoms with E-state index in [1.807, 2.05) is 60.0 Å². The van der Waals surface area contributed by atoms with Crippen molar-refractivity contribution in [3.8, 4) is 11.5 Å². The number of nitrogens with zero attached hydrogens (tertiary/aromatic N) is 2. The van der Waals surface area contributed by atoms with Gasteiger partial charge in [0.15, 0.2) is 0 Å². The van der Waals surface area contributed by atoms with Gasteiger partial charge in [-0.15, -0.1) is 0 Å². The van der Waals surface area contributed by atoms with Gasteiger partial charge in [0.05, 0.1) is 32.8 Å². The lowest BCUT2D eigenvalue weighted by Gasteiger charge is -2.44. The monoisotopic (exact) mass is 489 g/mol. The Kier molecular flexibility index (Phi) is 6.65. The van der Waals surface area contributed by atoms with E-state index >= 15 is 0 Å². The van der Waals surface area contributed by atoms with Crippen LogP contribution in [0, 0.1) is 0 Å². The number of amides is 2. The highest BCUT2D eigenvalue weighted by molar-refractivity contribution is 6.03. The molecule has 7 heteroatoms. The smallest absolute Gasteiger partial charge is 0.271 e. The number of carbonyl (C=O) groups is 2. The molecule has 0 spiro atoms. The van der Waals surface area contributed by atoms with Crippen LogP contribution >= 0.6 is 0 Å². The number of aromatic nitrogens is 1. The van der Waals surface area contributed by atoms with Crippen molar-refractivity contribution in [2.45, 2.75) is 70.1 Å². The molecule has 1 aromatic heterocycles. The Morgan fingerprint density at radius 1 is 1.03 bits per heavy atom.